The maximum absolute atomic E-state index is 11.2. The molecule has 0 spiro atoms. The second kappa shape index (κ2) is 5.01. The minimum absolute atomic E-state index is 0.0154. The Labute approximate surface area is 117 Å². The van der Waals surface area contributed by atoms with Crippen LogP contribution < -0.4 is 5.14 Å². The third kappa shape index (κ3) is 2.60. The molecule has 2 N–H and O–H groups in total. The molecule has 0 fully saturated rings. The summed E-state index contributed by atoms with van der Waals surface area (Å²) in [7, 11) is -3.71. The summed E-state index contributed by atoms with van der Waals surface area (Å²) in [6.45, 7) is 1.12. The standard InChI is InChI=1S/C13H15N3O3S/c14-20(17,18)11-7-15-16(8-11)9-13-12-4-2-1-3-10(12)5-6-19-13/h1-4,7-8,13H,5-6,9H2,(H2,14,17,18). The lowest BCUT2D eigenvalue weighted by Gasteiger charge is -2.25. The molecule has 1 aromatic heterocycles. The van der Waals surface area contributed by atoms with E-state index in [0.29, 0.717) is 13.2 Å². The van der Waals surface area contributed by atoms with E-state index >= 15 is 0 Å². The summed E-state index contributed by atoms with van der Waals surface area (Å²) in [6.07, 6.45) is 3.46. The van der Waals surface area contributed by atoms with E-state index in [2.05, 4.69) is 11.2 Å². The highest BCUT2D eigenvalue weighted by Crippen LogP contribution is 2.28. The summed E-state index contributed by atoms with van der Waals surface area (Å²) in [5.41, 5.74) is 2.40. The Kier molecular flexibility index (Phi) is 3.33. The molecule has 106 valence electrons. The van der Waals surface area contributed by atoms with Gasteiger partial charge in [-0.05, 0) is 17.5 Å². The van der Waals surface area contributed by atoms with Gasteiger partial charge in [0, 0.05) is 6.20 Å². The van der Waals surface area contributed by atoms with Gasteiger partial charge in [-0.25, -0.2) is 13.6 Å². The molecule has 3 rings (SSSR count). The highest BCUT2D eigenvalue weighted by molar-refractivity contribution is 7.89. The first-order valence-corrected chi connectivity index (χ1v) is 7.83. The van der Waals surface area contributed by atoms with Gasteiger partial charge in [0.2, 0.25) is 10.0 Å². The molecule has 1 atom stereocenters. The maximum Gasteiger partial charge on any atom is 0.241 e. The Morgan fingerprint density at radius 1 is 1.40 bits per heavy atom. The minimum Gasteiger partial charge on any atom is -0.371 e. The lowest BCUT2D eigenvalue weighted by molar-refractivity contribution is 0.0282. The Bertz CT molecular complexity index is 724. The molecule has 1 aliphatic rings. The Hall–Kier alpha value is -1.70. The number of nitrogens with zero attached hydrogens (tertiary/aromatic N) is 2. The molecule has 6 nitrogen and oxygen atoms in total. The van der Waals surface area contributed by atoms with Crippen LogP contribution in [0.5, 0.6) is 0 Å². The van der Waals surface area contributed by atoms with E-state index in [1.165, 1.54) is 18.0 Å². The van der Waals surface area contributed by atoms with Gasteiger partial charge >= 0.3 is 0 Å². The minimum atomic E-state index is -3.71. The van der Waals surface area contributed by atoms with Crippen molar-refractivity contribution < 1.29 is 13.2 Å². The summed E-state index contributed by atoms with van der Waals surface area (Å²) in [5, 5.41) is 9.09. The van der Waals surface area contributed by atoms with Crippen LogP contribution in [0.3, 0.4) is 0 Å². The molecule has 0 bridgehead atoms. The molecule has 2 aromatic rings. The van der Waals surface area contributed by atoms with E-state index < -0.39 is 10.0 Å². The van der Waals surface area contributed by atoms with Crippen LogP contribution in [0.25, 0.3) is 0 Å². The van der Waals surface area contributed by atoms with Gasteiger partial charge < -0.3 is 4.74 Å². The van der Waals surface area contributed by atoms with E-state index in [0.717, 1.165) is 12.0 Å². The van der Waals surface area contributed by atoms with Crippen molar-refractivity contribution in [3.63, 3.8) is 0 Å². The van der Waals surface area contributed by atoms with Crippen LogP contribution in [0.2, 0.25) is 0 Å². The van der Waals surface area contributed by atoms with Gasteiger partial charge in [0.05, 0.1) is 19.3 Å². The maximum atomic E-state index is 11.2. The predicted molar refractivity (Wildman–Crippen MR) is 72.4 cm³/mol. The van der Waals surface area contributed by atoms with Crippen molar-refractivity contribution >= 4 is 10.0 Å². The topological polar surface area (TPSA) is 87.2 Å². The van der Waals surface area contributed by atoms with E-state index in [1.54, 1.807) is 4.68 Å². The highest BCUT2D eigenvalue weighted by atomic mass is 32.2. The van der Waals surface area contributed by atoms with Crippen LogP contribution in [0, 0.1) is 0 Å². The fourth-order valence-corrected chi connectivity index (χ4v) is 2.85. The van der Waals surface area contributed by atoms with E-state index in [9.17, 15) is 8.42 Å². The van der Waals surface area contributed by atoms with Gasteiger partial charge in [-0.15, -0.1) is 0 Å². The zero-order valence-corrected chi connectivity index (χ0v) is 11.6. The van der Waals surface area contributed by atoms with Crippen LogP contribution in [-0.4, -0.2) is 24.8 Å². The van der Waals surface area contributed by atoms with Gasteiger partial charge in [-0.2, -0.15) is 5.10 Å². The van der Waals surface area contributed by atoms with Crippen LogP contribution in [0.1, 0.15) is 17.2 Å². The SMILES string of the molecule is NS(=O)(=O)c1cnn(CC2OCCc3ccccc32)c1. The number of ether oxygens (including phenoxy) is 1. The van der Waals surface area contributed by atoms with Crippen molar-refractivity contribution in [1.29, 1.82) is 0 Å². The average molecular weight is 293 g/mol. The van der Waals surface area contributed by atoms with Crippen molar-refractivity contribution in [2.24, 2.45) is 5.14 Å². The number of benzene rings is 1. The smallest absolute Gasteiger partial charge is 0.241 e. The molecular weight excluding hydrogens is 278 g/mol. The number of hydrogen-bond donors (Lipinski definition) is 1. The number of rotatable bonds is 3. The van der Waals surface area contributed by atoms with Gasteiger partial charge in [-0.1, -0.05) is 24.3 Å². The molecule has 2 heterocycles. The largest absolute Gasteiger partial charge is 0.371 e. The number of hydrogen-bond acceptors (Lipinski definition) is 4. The van der Waals surface area contributed by atoms with E-state index in [4.69, 9.17) is 9.88 Å². The Balaban J connectivity index is 1.84. The fraction of sp³-hybridized carbons (Fsp3) is 0.308. The molecule has 0 radical (unpaired) electrons. The van der Waals surface area contributed by atoms with Crippen LogP contribution in [0.15, 0.2) is 41.6 Å². The second-order valence-corrected chi connectivity index (χ2v) is 6.31. The fourth-order valence-electron chi connectivity index (χ4n) is 2.39. The van der Waals surface area contributed by atoms with E-state index in [1.807, 2.05) is 18.2 Å². The number of primary sulfonamides is 1. The molecule has 7 heteroatoms. The van der Waals surface area contributed by atoms with Gasteiger partial charge in [0.15, 0.2) is 0 Å². The van der Waals surface area contributed by atoms with E-state index in [-0.39, 0.29) is 11.0 Å². The predicted octanol–water partition coefficient (Wildman–Crippen LogP) is 0.844. The molecule has 1 aliphatic heterocycles. The summed E-state index contributed by atoms with van der Waals surface area (Å²) < 4.78 is 29.8. The zero-order chi connectivity index (χ0) is 14.2. The third-order valence-electron chi connectivity index (χ3n) is 3.38. The van der Waals surface area contributed by atoms with Gasteiger partial charge in [0.1, 0.15) is 11.0 Å². The Morgan fingerprint density at radius 3 is 2.95 bits per heavy atom. The quantitative estimate of drug-likeness (QED) is 0.908. The normalized spacial score (nSPS) is 18.8. The molecule has 1 unspecified atom stereocenters. The number of aromatic nitrogens is 2. The van der Waals surface area contributed by atoms with Crippen LogP contribution in [0.4, 0.5) is 0 Å². The summed E-state index contributed by atoms with van der Waals surface area (Å²) in [5.74, 6) is 0. The number of fused-ring (bicyclic) bond motifs is 1. The zero-order valence-electron chi connectivity index (χ0n) is 10.8. The van der Waals surface area contributed by atoms with Crippen molar-refractivity contribution in [3.05, 3.63) is 47.8 Å². The third-order valence-corrected chi connectivity index (χ3v) is 4.25. The molecule has 1 aromatic carbocycles. The lowest BCUT2D eigenvalue weighted by atomic mass is 9.98. The van der Waals surface area contributed by atoms with Crippen molar-refractivity contribution in [3.8, 4) is 0 Å². The molecule has 0 aliphatic carbocycles. The summed E-state index contributed by atoms with van der Waals surface area (Å²) in [6, 6.07) is 8.10. The monoisotopic (exact) mass is 293 g/mol. The summed E-state index contributed by atoms with van der Waals surface area (Å²) >= 11 is 0. The first-order chi connectivity index (χ1) is 9.54. The van der Waals surface area contributed by atoms with Gasteiger partial charge in [0.25, 0.3) is 0 Å². The lowest BCUT2D eigenvalue weighted by Crippen LogP contribution is -2.20. The van der Waals surface area contributed by atoms with Gasteiger partial charge in [-0.3, -0.25) is 4.68 Å². The first-order valence-electron chi connectivity index (χ1n) is 6.29. The molecule has 20 heavy (non-hydrogen) atoms. The van der Waals surface area contributed by atoms with Crippen molar-refractivity contribution in [2.45, 2.75) is 24.0 Å². The number of nitrogens with two attached hydrogens (primary N) is 1. The first kappa shape index (κ1) is 13.3. The molecular formula is C13H15N3O3S. The number of sulfonamides is 1. The van der Waals surface area contributed by atoms with Crippen LogP contribution >= 0.6 is 0 Å². The average Bonchev–Trinajstić information content (AvgIpc) is 2.88. The molecule has 0 amide bonds. The van der Waals surface area contributed by atoms with Crippen LogP contribution in [-0.2, 0) is 27.7 Å². The van der Waals surface area contributed by atoms with Crippen molar-refractivity contribution in [2.75, 3.05) is 6.61 Å². The second-order valence-electron chi connectivity index (χ2n) is 4.75. The highest BCUT2D eigenvalue weighted by Gasteiger charge is 2.21. The summed E-state index contributed by atoms with van der Waals surface area (Å²) in [4.78, 5) is 0.0154. The van der Waals surface area contributed by atoms with Crippen molar-refractivity contribution in [1.82, 2.24) is 9.78 Å². The molecule has 0 saturated heterocycles. The Morgan fingerprint density at radius 2 is 2.20 bits per heavy atom. The molecule has 0 saturated carbocycles.